The Hall–Kier alpha value is -2.70. The number of likely N-dealkylation sites (tertiary alicyclic amines) is 1. The highest BCUT2D eigenvalue weighted by molar-refractivity contribution is 5.92. The lowest BCUT2D eigenvalue weighted by atomic mass is 9.79. The monoisotopic (exact) mass is 447 g/mol. The molecule has 2 saturated carbocycles. The lowest BCUT2D eigenvalue weighted by molar-refractivity contribution is -0.147. The Labute approximate surface area is 195 Å². The fraction of sp³-hybridized carbons (Fsp3) is 0.481. The number of nitrogens with one attached hydrogen (secondary N) is 1. The van der Waals surface area contributed by atoms with Crippen LogP contribution in [0.1, 0.15) is 47.2 Å². The van der Waals surface area contributed by atoms with Gasteiger partial charge in [0.1, 0.15) is 0 Å². The number of hydrogen-bond acceptors (Lipinski definition) is 4. The summed E-state index contributed by atoms with van der Waals surface area (Å²) in [5, 5.41) is 14.9. The van der Waals surface area contributed by atoms with Crippen molar-refractivity contribution in [3.05, 3.63) is 71.3 Å². The topological polar surface area (TPSA) is 95.7 Å². The van der Waals surface area contributed by atoms with Crippen LogP contribution in [0.25, 0.3) is 0 Å². The summed E-state index contributed by atoms with van der Waals surface area (Å²) in [6, 6.07) is 17.1. The number of rotatable bonds is 8. The first-order valence-corrected chi connectivity index (χ1v) is 12.2. The predicted molar refractivity (Wildman–Crippen MR) is 126 cm³/mol. The number of carbonyl (C=O) groups is 2. The van der Waals surface area contributed by atoms with Crippen LogP contribution in [0.4, 0.5) is 0 Å². The molecule has 0 radical (unpaired) electrons. The molecule has 1 saturated heterocycles. The molecular weight excluding hydrogens is 414 g/mol. The summed E-state index contributed by atoms with van der Waals surface area (Å²) in [4.78, 5) is 27.1. The smallest absolute Gasteiger partial charge is 0.257 e. The molecule has 5 rings (SSSR count). The maximum atomic E-state index is 13.4. The van der Waals surface area contributed by atoms with E-state index in [0.29, 0.717) is 23.0 Å². The van der Waals surface area contributed by atoms with Gasteiger partial charge in [0, 0.05) is 37.2 Å². The van der Waals surface area contributed by atoms with Crippen LogP contribution in [0.5, 0.6) is 0 Å². The van der Waals surface area contributed by atoms with Gasteiger partial charge < -0.3 is 21.1 Å². The van der Waals surface area contributed by atoms with E-state index >= 15 is 0 Å². The molecular formula is C27H33N3O3. The van der Waals surface area contributed by atoms with Crippen molar-refractivity contribution in [2.75, 3.05) is 19.6 Å². The minimum absolute atomic E-state index is 0.0176. The van der Waals surface area contributed by atoms with E-state index in [9.17, 15) is 14.7 Å². The average molecular weight is 448 g/mol. The molecule has 0 bridgehead atoms. The van der Waals surface area contributed by atoms with Crippen LogP contribution in [0, 0.1) is 17.8 Å². The molecule has 174 valence electrons. The highest BCUT2D eigenvalue weighted by atomic mass is 16.3. The van der Waals surface area contributed by atoms with Gasteiger partial charge in [0.2, 0.25) is 5.91 Å². The molecule has 2 aromatic rings. The maximum absolute atomic E-state index is 13.4. The molecule has 1 aliphatic heterocycles. The van der Waals surface area contributed by atoms with Crippen LogP contribution in [0.2, 0.25) is 0 Å². The Morgan fingerprint density at radius 2 is 1.64 bits per heavy atom. The van der Waals surface area contributed by atoms with Gasteiger partial charge in [-0.15, -0.1) is 0 Å². The number of fused-ring (bicyclic) bond motifs is 1. The molecule has 2 aromatic carbocycles. The van der Waals surface area contributed by atoms with Crippen molar-refractivity contribution in [3.8, 4) is 0 Å². The normalized spacial score (nSPS) is 26.5. The predicted octanol–water partition coefficient (Wildman–Crippen LogP) is 2.45. The number of carbonyl (C=O) groups excluding carboxylic acids is 2. The number of piperidine rings is 1. The molecule has 4 N–H and O–H groups in total. The van der Waals surface area contributed by atoms with Crippen LogP contribution >= 0.6 is 0 Å². The van der Waals surface area contributed by atoms with Crippen LogP contribution in [-0.4, -0.2) is 47.5 Å². The summed E-state index contributed by atoms with van der Waals surface area (Å²) in [6.45, 7) is 2.91. The molecule has 0 aromatic heterocycles. The van der Waals surface area contributed by atoms with Crippen LogP contribution in [0.15, 0.2) is 54.6 Å². The van der Waals surface area contributed by atoms with E-state index in [1.165, 1.54) is 5.56 Å². The maximum Gasteiger partial charge on any atom is 0.257 e. The number of amides is 2. The summed E-state index contributed by atoms with van der Waals surface area (Å²) < 4.78 is 0. The van der Waals surface area contributed by atoms with Gasteiger partial charge in [0.25, 0.3) is 5.91 Å². The minimum Gasteiger partial charge on any atom is -0.375 e. The largest absolute Gasteiger partial charge is 0.375 e. The van der Waals surface area contributed by atoms with E-state index < -0.39 is 11.5 Å². The van der Waals surface area contributed by atoms with Crippen LogP contribution in [-0.2, 0) is 16.8 Å². The summed E-state index contributed by atoms with van der Waals surface area (Å²) >= 11 is 0. The average Bonchev–Trinajstić information content (AvgIpc) is 3.25. The third kappa shape index (κ3) is 4.30. The molecule has 1 heterocycles. The molecule has 4 atom stereocenters. The molecule has 0 spiro atoms. The Balaban J connectivity index is 1.15. The number of primary amides is 1. The number of aliphatic hydroxyl groups is 1. The van der Waals surface area contributed by atoms with Crippen LogP contribution < -0.4 is 11.1 Å². The van der Waals surface area contributed by atoms with E-state index in [4.69, 9.17) is 5.73 Å². The standard InChI is InChI=1S/C27H33N3O3/c28-25(31)19-12-10-18(11-13-19)14-15-30-16-22-23(17-30)24(22)29-26(32)27(33,21-8-4-5-9-21)20-6-2-1-3-7-20/h1-3,6-7,10-13,21-24,33H,4-5,8-9,14-17H2,(H2,28,31)(H,29,32)/t22-,23?,24+,27?/m0/s1. The highest BCUT2D eigenvalue weighted by Crippen LogP contribution is 2.47. The van der Waals surface area contributed by atoms with Crippen LogP contribution in [0.3, 0.4) is 0 Å². The first-order valence-electron chi connectivity index (χ1n) is 12.2. The Kier molecular flexibility index (Phi) is 5.97. The van der Waals surface area contributed by atoms with E-state index in [-0.39, 0.29) is 17.9 Å². The lowest BCUT2D eigenvalue weighted by Crippen LogP contribution is -2.51. The molecule has 2 aliphatic carbocycles. The third-order valence-electron chi connectivity index (χ3n) is 8.03. The Bertz CT molecular complexity index is 991. The highest BCUT2D eigenvalue weighted by Gasteiger charge is 2.58. The lowest BCUT2D eigenvalue weighted by Gasteiger charge is -2.33. The molecule has 3 fully saturated rings. The third-order valence-corrected chi connectivity index (χ3v) is 8.03. The zero-order valence-electron chi connectivity index (χ0n) is 19.0. The fourth-order valence-corrected chi connectivity index (χ4v) is 5.98. The quantitative estimate of drug-likeness (QED) is 0.579. The van der Waals surface area contributed by atoms with Gasteiger partial charge in [0.15, 0.2) is 5.60 Å². The van der Waals surface area contributed by atoms with Gasteiger partial charge in [-0.2, -0.15) is 0 Å². The molecule has 2 amide bonds. The van der Waals surface area contributed by atoms with Gasteiger partial charge in [-0.1, -0.05) is 55.3 Å². The zero-order valence-corrected chi connectivity index (χ0v) is 19.0. The SMILES string of the molecule is NC(=O)c1ccc(CCN2CC3[C@H](C2)[C@H]3NC(=O)C(O)(c2ccccc2)C2CCCC2)cc1. The van der Waals surface area contributed by atoms with E-state index in [1.807, 2.05) is 42.5 Å². The summed E-state index contributed by atoms with van der Waals surface area (Å²) in [7, 11) is 0. The summed E-state index contributed by atoms with van der Waals surface area (Å²) in [6.07, 6.45) is 4.85. The molecule has 6 nitrogen and oxygen atoms in total. The van der Waals surface area contributed by atoms with Crippen molar-refractivity contribution >= 4 is 11.8 Å². The molecule has 33 heavy (non-hydrogen) atoms. The first-order chi connectivity index (χ1) is 16.0. The van der Waals surface area contributed by atoms with Crippen molar-refractivity contribution in [2.45, 2.75) is 43.7 Å². The van der Waals surface area contributed by atoms with Crippen molar-refractivity contribution in [1.29, 1.82) is 0 Å². The van der Waals surface area contributed by atoms with Crippen molar-refractivity contribution in [2.24, 2.45) is 23.5 Å². The number of nitrogens with zero attached hydrogens (tertiary/aromatic N) is 1. The molecule has 6 heteroatoms. The molecule has 3 aliphatic rings. The molecule has 2 unspecified atom stereocenters. The summed E-state index contributed by atoms with van der Waals surface area (Å²) in [5.74, 6) is 0.294. The van der Waals surface area contributed by atoms with Crippen molar-refractivity contribution in [1.82, 2.24) is 10.2 Å². The second-order valence-electron chi connectivity index (χ2n) is 10.0. The van der Waals surface area contributed by atoms with Crippen molar-refractivity contribution in [3.63, 3.8) is 0 Å². The van der Waals surface area contributed by atoms with Crippen molar-refractivity contribution < 1.29 is 14.7 Å². The minimum atomic E-state index is -1.44. The number of hydrogen-bond donors (Lipinski definition) is 3. The van der Waals surface area contributed by atoms with Gasteiger partial charge in [-0.3, -0.25) is 9.59 Å². The second kappa shape index (κ2) is 8.92. The van der Waals surface area contributed by atoms with E-state index in [2.05, 4.69) is 10.2 Å². The summed E-state index contributed by atoms with van der Waals surface area (Å²) in [5.41, 5.74) is 6.31. The first kappa shape index (κ1) is 22.1. The van der Waals surface area contributed by atoms with E-state index in [0.717, 1.165) is 51.7 Å². The fourth-order valence-electron chi connectivity index (χ4n) is 5.98. The van der Waals surface area contributed by atoms with Gasteiger partial charge in [-0.05, 0) is 54.4 Å². The number of nitrogens with two attached hydrogens (primary N) is 1. The Morgan fingerprint density at radius 3 is 2.24 bits per heavy atom. The van der Waals surface area contributed by atoms with Gasteiger partial charge >= 0.3 is 0 Å². The Morgan fingerprint density at radius 1 is 1.00 bits per heavy atom. The van der Waals surface area contributed by atoms with E-state index in [1.54, 1.807) is 12.1 Å². The van der Waals surface area contributed by atoms with Gasteiger partial charge in [0.05, 0.1) is 0 Å². The van der Waals surface area contributed by atoms with Gasteiger partial charge in [-0.25, -0.2) is 0 Å². The zero-order chi connectivity index (χ0) is 23.0. The number of benzene rings is 2. The second-order valence-corrected chi connectivity index (χ2v) is 10.0.